The van der Waals surface area contributed by atoms with Gasteiger partial charge < -0.3 is 25.4 Å². The molecule has 4 rings (SSSR count). The molecule has 0 saturated carbocycles. The van der Waals surface area contributed by atoms with Crippen molar-refractivity contribution in [3.05, 3.63) is 29.8 Å². The molecule has 3 N–H and O–H groups in total. The second-order valence-electron chi connectivity index (χ2n) is 5.94. The highest BCUT2D eigenvalue weighted by Crippen LogP contribution is 2.31. The van der Waals surface area contributed by atoms with Gasteiger partial charge in [0.15, 0.2) is 0 Å². The molecule has 0 unspecified atom stereocenters. The average Bonchev–Trinajstić information content (AvgIpc) is 2.68. The lowest BCUT2D eigenvalue weighted by Crippen LogP contribution is -2.36. The van der Waals surface area contributed by atoms with Gasteiger partial charge >= 0.3 is 0 Å². The molecule has 0 spiro atoms. The summed E-state index contributed by atoms with van der Waals surface area (Å²) in [6, 6.07) is 5.36. The molecule has 2 aromatic heterocycles. The maximum absolute atomic E-state index is 6.13. The summed E-state index contributed by atoms with van der Waals surface area (Å²) >= 11 is 6.13. The third-order valence-corrected chi connectivity index (χ3v) is 4.42. The Labute approximate surface area is 160 Å². The third-order valence-electron chi connectivity index (χ3n) is 4.25. The van der Waals surface area contributed by atoms with E-state index in [4.69, 9.17) is 26.8 Å². The lowest BCUT2D eigenvalue weighted by molar-refractivity contribution is 0.122. The Balaban J connectivity index is 1.69. The SMILES string of the molecule is COc1cc2ncnc(Nc3cc(N4CCOCC4)nc(Cl)n3)c2cc1N. The minimum Gasteiger partial charge on any atom is -0.495 e. The van der Waals surface area contributed by atoms with E-state index in [9.17, 15) is 0 Å². The Hall–Kier alpha value is -2.91. The molecule has 3 aromatic rings. The van der Waals surface area contributed by atoms with Crippen molar-refractivity contribution in [3.63, 3.8) is 0 Å². The molecule has 0 radical (unpaired) electrons. The number of ether oxygens (including phenoxy) is 2. The summed E-state index contributed by atoms with van der Waals surface area (Å²) in [7, 11) is 1.56. The van der Waals surface area contributed by atoms with Gasteiger partial charge in [0.2, 0.25) is 5.28 Å². The van der Waals surface area contributed by atoms with Gasteiger partial charge in [0.1, 0.15) is 29.5 Å². The summed E-state index contributed by atoms with van der Waals surface area (Å²) in [5, 5.41) is 4.09. The molecule has 0 atom stereocenters. The number of rotatable bonds is 4. The van der Waals surface area contributed by atoms with Crippen LogP contribution >= 0.6 is 11.6 Å². The fraction of sp³-hybridized carbons (Fsp3) is 0.294. The van der Waals surface area contributed by atoms with Crippen LogP contribution in [0.4, 0.5) is 23.1 Å². The topological polar surface area (TPSA) is 111 Å². The molecule has 1 aliphatic heterocycles. The van der Waals surface area contributed by atoms with Crippen molar-refractivity contribution in [2.24, 2.45) is 0 Å². The Morgan fingerprint density at radius 1 is 1.19 bits per heavy atom. The van der Waals surface area contributed by atoms with Crippen LogP contribution in [0.2, 0.25) is 5.28 Å². The van der Waals surface area contributed by atoms with Crippen molar-refractivity contribution < 1.29 is 9.47 Å². The van der Waals surface area contributed by atoms with Crippen LogP contribution in [-0.2, 0) is 4.74 Å². The summed E-state index contributed by atoms with van der Waals surface area (Å²) in [5.74, 6) is 2.40. The summed E-state index contributed by atoms with van der Waals surface area (Å²) in [5.41, 5.74) is 7.23. The number of halogens is 1. The number of methoxy groups -OCH3 is 1. The molecule has 9 nitrogen and oxygen atoms in total. The van der Waals surface area contributed by atoms with Crippen LogP contribution in [0.3, 0.4) is 0 Å². The number of benzene rings is 1. The number of fused-ring (bicyclic) bond motifs is 1. The summed E-state index contributed by atoms with van der Waals surface area (Å²) in [4.78, 5) is 19.3. The van der Waals surface area contributed by atoms with Crippen LogP contribution in [-0.4, -0.2) is 53.3 Å². The van der Waals surface area contributed by atoms with Gasteiger partial charge in [-0.1, -0.05) is 0 Å². The number of nitrogen functional groups attached to an aromatic ring is 1. The first kappa shape index (κ1) is 17.5. The van der Waals surface area contributed by atoms with Crippen LogP contribution in [0.25, 0.3) is 10.9 Å². The van der Waals surface area contributed by atoms with Crippen molar-refractivity contribution >= 4 is 45.6 Å². The monoisotopic (exact) mass is 387 g/mol. The molecule has 1 aromatic carbocycles. The first-order valence-corrected chi connectivity index (χ1v) is 8.74. The van der Waals surface area contributed by atoms with Crippen LogP contribution in [0.15, 0.2) is 24.5 Å². The number of morpholine rings is 1. The van der Waals surface area contributed by atoms with E-state index in [-0.39, 0.29) is 5.28 Å². The normalized spacial score (nSPS) is 14.4. The zero-order chi connectivity index (χ0) is 18.8. The fourth-order valence-corrected chi connectivity index (χ4v) is 3.10. The number of nitrogens with two attached hydrogens (primary N) is 1. The van der Waals surface area contributed by atoms with Crippen molar-refractivity contribution in [1.29, 1.82) is 0 Å². The van der Waals surface area contributed by atoms with Gasteiger partial charge in [-0.05, 0) is 17.7 Å². The Bertz CT molecular complexity index is 979. The number of aromatic nitrogens is 4. The number of nitrogens with one attached hydrogen (secondary N) is 1. The predicted molar refractivity (Wildman–Crippen MR) is 104 cm³/mol. The quantitative estimate of drug-likeness (QED) is 0.514. The van der Waals surface area contributed by atoms with Gasteiger partial charge in [-0.15, -0.1) is 0 Å². The molecular formula is C17H18ClN7O2. The highest BCUT2D eigenvalue weighted by Gasteiger charge is 2.16. The van der Waals surface area contributed by atoms with Gasteiger partial charge in [-0.2, -0.15) is 0 Å². The highest BCUT2D eigenvalue weighted by molar-refractivity contribution is 6.28. The minimum absolute atomic E-state index is 0.154. The maximum Gasteiger partial charge on any atom is 0.226 e. The Morgan fingerprint density at radius 2 is 2.00 bits per heavy atom. The zero-order valence-corrected chi connectivity index (χ0v) is 15.4. The summed E-state index contributed by atoms with van der Waals surface area (Å²) in [6.45, 7) is 2.81. The van der Waals surface area contributed by atoms with E-state index in [2.05, 4.69) is 30.2 Å². The van der Waals surface area contributed by atoms with E-state index in [1.54, 1.807) is 19.2 Å². The number of hydrogen-bond donors (Lipinski definition) is 2. The molecule has 1 fully saturated rings. The molecule has 0 aliphatic carbocycles. The Morgan fingerprint density at radius 3 is 2.78 bits per heavy atom. The smallest absolute Gasteiger partial charge is 0.226 e. The molecule has 3 heterocycles. The molecular weight excluding hydrogens is 370 g/mol. The molecule has 10 heteroatoms. The highest BCUT2D eigenvalue weighted by atomic mass is 35.5. The van der Waals surface area contributed by atoms with E-state index in [1.807, 2.05) is 6.07 Å². The minimum atomic E-state index is 0.154. The second kappa shape index (κ2) is 7.37. The van der Waals surface area contributed by atoms with Crippen LogP contribution in [0.5, 0.6) is 5.75 Å². The largest absolute Gasteiger partial charge is 0.495 e. The zero-order valence-electron chi connectivity index (χ0n) is 14.6. The van der Waals surface area contributed by atoms with Crippen molar-refractivity contribution in [2.45, 2.75) is 0 Å². The van der Waals surface area contributed by atoms with E-state index >= 15 is 0 Å². The number of hydrogen-bond acceptors (Lipinski definition) is 9. The van der Waals surface area contributed by atoms with Gasteiger partial charge in [0.05, 0.1) is 31.5 Å². The predicted octanol–water partition coefficient (Wildman–Crippen LogP) is 2.24. The first-order chi connectivity index (χ1) is 13.1. The standard InChI is InChI=1S/C17H18ClN7O2/c1-26-13-7-12-10(6-11(13)19)16(21-9-20-12)22-14-8-15(24-17(18)23-14)25-2-4-27-5-3-25/h6-9H,2-5,19H2,1H3,(H,20,21,22,23,24). The van der Waals surface area contributed by atoms with Gasteiger partial charge in [0, 0.05) is 30.6 Å². The van der Waals surface area contributed by atoms with E-state index in [0.717, 1.165) is 24.3 Å². The third kappa shape index (κ3) is 3.64. The van der Waals surface area contributed by atoms with Crippen molar-refractivity contribution in [1.82, 2.24) is 19.9 Å². The van der Waals surface area contributed by atoms with Crippen LogP contribution in [0.1, 0.15) is 0 Å². The second-order valence-corrected chi connectivity index (χ2v) is 6.28. The van der Waals surface area contributed by atoms with Crippen LogP contribution in [0, 0.1) is 0 Å². The molecule has 1 saturated heterocycles. The lowest BCUT2D eigenvalue weighted by Gasteiger charge is -2.28. The van der Waals surface area contributed by atoms with E-state index in [1.165, 1.54) is 6.33 Å². The van der Waals surface area contributed by atoms with Crippen molar-refractivity contribution in [3.8, 4) is 5.75 Å². The molecule has 140 valence electrons. The van der Waals surface area contributed by atoms with Gasteiger partial charge in [-0.25, -0.2) is 19.9 Å². The number of nitrogens with zero attached hydrogens (tertiary/aromatic N) is 5. The molecule has 27 heavy (non-hydrogen) atoms. The Kier molecular flexibility index (Phi) is 4.78. The van der Waals surface area contributed by atoms with E-state index < -0.39 is 0 Å². The van der Waals surface area contributed by atoms with Crippen LogP contribution < -0.4 is 20.7 Å². The van der Waals surface area contributed by atoms with E-state index in [0.29, 0.717) is 41.8 Å². The molecule has 0 amide bonds. The summed E-state index contributed by atoms with van der Waals surface area (Å²) in [6.07, 6.45) is 1.46. The number of anilines is 4. The molecule has 1 aliphatic rings. The lowest BCUT2D eigenvalue weighted by atomic mass is 10.2. The summed E-state index contributed by atoms with van der Waals surface area (Å²) < 4.78 is 10.6. The maximum atomic E-state index is 6.13. The van der Waals surface area contributed by atoms with Gasteiger partial charge in [0.25, 0.3) is 0 Å². The first-order valence-electron chi connectivity index (χ1n) is 8.36. The fourth-order valence-electron chi connectivity index (χ4n) is 2.92. The molecule has 0 bridgehead atoms. The average molecular weight is 388 g/mol. The van der Waals surface area contributed by atoms with Gasteiger partial charge in [-0.3, -0.25) is 0 Å². The van der Waals surface area contributed by atoms with Crippen molar-refractivity contribution in [2.75, 3.05) is 49.4 Å².